The van der Waals surface area contributed by atoms with Gasteiger partial charge in [0.1, 0.15) is 17.6 Å². The fourth-order valence-electron chi connectivity index (χ4n) is 4.75. The number of nitriles is 1. The number of halogens is 2. The highest BCUT2D eigenvalue weighted by molar-refractivity contribution is 6.35. The molecule has 0 saturated carbocycles. The molecule has 41 heavy (non-hydrogen) atoms. The van der Waals surface area contributed by atoms with E-state index in [1.54, 1.807) is 29.1 Å². The highest BCUT2D eigenvalue weighted by Crippen LogP contribution is 2.37. The molecule has 0 amide bonds. The molecule has 5 aromatic rings. The van der Waals surface area contributed by atoms with E-state index in [-0.39, 0.29) is 17.4 Å². The molecular formula is C32H31ClFN7. The number of aromatic nitrogens is 4. The van der Waals surface area contributed by atoms with Crippen molar-refractivity contribution in [3.8, 4) is 6.07 Å². The van der Waals surface area contributed by atoms with Gasteiger partial charge in [0.15, 0.2) is 0 Å². The van der Waals surface area contributed by atoms with Crippen LogP contribution in [0.4, 0.5) is 15.8 Å². The number of fused-ring (bicyclic) bond motifs is 1. The van der Waals surface area contributed by atoms with Gasteiger partial charge in [-0.1, -0.05) is 66.2 Å². The van der Waals surface area contributed by atoms with Gasteiger partial charge in [0.05, 0.1) is 45.6 Å². The molecule has 3 aromatic carbocycles. The highest BCUT2D eigenvalue weighted by Gasteiger charge is 2.23. The van der Waals surface area contributed by atoms with Crippen molar-refractivity contribution in [3.05, 3.63) is 112 Å². The molecule has 1 unspecified atom stereocenters. The Hall–Kier alpha value is -4.48. The van der Waals surface area contributed by atoms with Crippen molar-refractivity contribution >= 4 is 33.9 Å². The van der Waals surface area contributed by atoms with Crippen LogP contribution in [0.25, 0.3) is 10.9 Å². The number of nitrogens with one attached hydrogen (secondary N) is 2. The summed E-state index contributed by atoms with van der Waals surface area (Å²) >= 11 is 6.78. The molecule has 0 aliphatic heterocycles. The standard InChI is InChI=1S/C32H31ClFN7/c1-5-27(20-9-7-6-8-10-20)38-29-22(17-35)18-36-31-25(29)15-24(16-26(31)33)37-30(21-11-13-23(34)14-12-21)28-19-41(40-39-28)32(2,3)4/h6-16,18-19,27,30,37H,5H2,1-4H3,(H,36,38)/t27-,30?/m1/s1. The van der Waals surface area contributed by atoms with Crippen LogP contribution in [-0.4, -0.2) is 20.0 Å². The maximum Gasteiger partial charge on any atom is 0.123 e. The topological polar surface area (TPSA) is 91.5 Å². The average Bonchev–Trinajstić information content (AvgIpc) is 3.47. The van der Waals surface area contributed by atoms with Gasteiger partial charge in [0.25, 0.3) is 0 Å². The third-order valence-electron chi connectivity index (χ3n) is 6.98. The van der Waals surface area contributed by atoms with E-state index in [4.69, 9.17) is 11.6 Å². The summed E-state index contributed by atoms with van der Waals surface area (Å²) in [6, 6.07) is 21.9. The lowest BCUT2D eigenvalue weighted by atomic mass is 10.0. The van der Waals surface area contributed by atoms with E-state index in [0.29, 0.717) is 38.6 Å². The summed E-state index contributed by atoms with van der Waals surface area (Å²) in [5.74, 6) is -0.325. The molecule has 2 atom stereocenters. The van der Waals surface area contributed by atoms with E-state index >= 15 is 0 Å². The largest absolute Gasteiger partial charge is 0.377 e. The monoisotopic (exact) mass is 567 g/mol. The second-order valence-corrected chi connectivity index (χ2v) is 11.3. The molecule has 0 fully saturated rings. The summed E-state index contributed by atoms with van der Waals surface area (Å²) in [7, 11) is 0. The second-order valence-electron chi connectivity index (χ2n) is 10.9. The van der Waals surface area contributed by atoms with Gasteiger partial charge in [0.2, 0.25) is 0 Å². The predicted molar refractivity (Wildman–Crippen MR) is 161 cm³/mol. The van der Waals surface area contributed by atoms with Crippen LogP contribution >= 0.6 is 11.6 Å². The third kappa shape index (κ3) is 6.01. The Morgan fingerprint density at radius 3 is 2.39 bits per heavy atom. The van der Waals surface area contributed by atoms with E-state index in [2.05, 4.69) is 51.1 Å². The number of hydrogen-bond acceptors (Lipinski definition) is 6. The summed E-state index contributed by atoms with van der Waals surface area (Å²) in [6.45, 7) is 8.23. The SMILES string of the molecule is CC[C@@H](Nc1c(C#N)cnc2c(Cl)cc(NC(c3ccc(F)cc3)c3cn(C(C)(C)C)nn3)cc12)c1ccccc1. The number of anilines is 2. The molecule has 7 nitrogen and oxygen atoms in total. The van der Waals surface area contributed by atoms with Crippen LogP contribution in [0.1, 0.15) is 68.6 Å². The lowest BCUT2D eigenvalue weighted by molar-refractivity contribution is 0.347. The number of benzene rings is 3. The molecule has 208 valence electrons. The van der Waals surface area contributed by atoms with E-state index in [0.717, 1.165) is 17.5 Å². The molecule has 2 aromatic heterocycles. The van der Waals surface area contributed by atoms with Crippen molar-refractivity contribution in [2.75, 3.05) is 10.6 Å². The molecule has 0 radical (unpaired) electrons. The highest BCUT2D eigenvalue weighted by atomic mass is 35.5. The minimum absolute atomic E-state index is 0.0244. The molecule has 2 N–H and O–H groups in total. The van der Waals surface area contributed by atoms with Crippen molar-refractivity contribution in [1.82, 2.24) is 20.0 Å². The number of pyridine rings is 1. The first kappa shape index (κ1) is 28.1. The summed E-state index contributed by atoms with van der Waals surface area (Å²) in [4.78, 5) is 4.51. The van der Waals surface area contributed by atoms with Crippen LogP contribution in [0.15, 0.2) is 79.1 Å². The van der Waals surface area contributed by atoms with Gasteiger partial charge in [-0.05, 0) is 62.6 Å². The summed E-state index contributed by atoms with van der Waals surface area (Å²) in [6.07, 6.45) is 4.24. The van der Waals surface area contributed by atoms with Crippen molar-refractivity contribution in [2.45, 2.75) is 51.7 Å². The van der Waals surface area contributed by atoms with Gasteiger partial charge in [-0.3, -0.25) is 4.98 Å². The maximum atomic E-state index is 13.8. The smallest absolute Gasteiger partial charge is 0.123 e. The van der Waals surface area contributed by atoms with Gasteiger partial charge >= 0.3 is 0 Å². The van der Waals surface area contributed by atoms with E-state index < -0.39 is 6.04 Å². The molecule has 0 saturated heterocycles. The quantitative estimate of drug-likeness (QED) is 0.197. The zero-order valence-corrected chi connectivity index (χ0v) is 24.1. The summed E-state index contributed by atoms with van der Waals surface area (Å²) in [5, 5.41) is 27.0. The molecule has 0 aliphatic rings. The van der Waals surface area contributed by atoms with Crippen molar-refractivity contribution in [1.29, 1.82) is 5.26 Å². The molecule has 0 spiro atoms. The van der Waals surface area contributed by atoms with Crippen molar-refractivity contribution in [2.24, 2.45) is 0 Å². The zero-order chi connectivity index (χ0) is 29.1. The minimum atomic E-state index is -0.448. The van der Waals surface area contributed by atoms with E-state index in [1.165, 1.54) is 12.1 Å². The summed E-state index contributed by atoms with van der Waals surface area (Å²) in [5.41, 5.74) is 4.68. The Bertz CT molecular complexity index is 1700. The first-order valence-electron chi connectivity index (χ1n) is 13.5. The van der Waals surface area contributed by atoms with Gasteiger partial charge in [-0.25, -0.2) is 9.07 Å². The number of rotatable bonds is 8. The van der Waals surface area contributed by atoms with Crippen molar-refractivity contribution < 1.29 is 4.39 Å². The van der Waals surface area contributed by atoms with E-state index in [1.807, 2.05) is 51.2 Å². The van der Waals surface area contributed by atoms with Gasteiger partial charge in [-0.2, -0.15) is 5.26 Å². The minimum Gasteiger partial charge on any atom is -0.377 e. The first-order valence-corrected chi connectivity index (χ1v) is 13.8. The normalized spacial score (nSPS) is 13.0. The molecular weight excluding hydrogens is 537 g/mol. The zero-order valence-electron chi connectivity index (χ0n) is 23.4. The molecule has 0 aliphatic carbocycles. The lowest BCUT2D eigenvalue weighted by Gasteiger charge is -2.23. The Morgan fingerprint density at radius 1 is 1.02 bits per heavy atom. The van der Waals surface area contributed by atoms with Crippen LogP contribution in [0, 0.1) is 17.1 Å². The van der Waals surface area contributed by atoms with E-state index in [9.17, 15) is 9.65 Å². The Labute approximate surface area is 244 Å². The Morgan fingerprint density at radius 2 is 1.76 bits per heavy atom. The predicted octanol–water partition coefficient (Wildman–Crippen LogP) is 8.01. The second kappa shape index (κ2) is 11.6. The number of nitrogens with zero attached hydrogens (tertiary/aromatic N) is 5. The molecule has 9 heteroatoms. The molecule has 2 heterocycles. The maximum absolute atomic E-state index is 13.8. The lowest BCUT2D eigenvalue weighted by Crippen LogP contribution is -2.22. The Balaban J connectivity index is 1.60. The molecule has 5 rings (SSSR count). The number of hydrogen-bond donors (Lipinski definition) is 2. The van der Waals surface area contributed by atoms with Crippen LogP contribution < -0.4 is 10.6 Å². The first-order chi connectivity index (χ1) is 19.7. The Kier molecular flexibility index (Phi) is 7.91. The van der Waals surface area contributed by atoms with Gasteiger partial charge in [0, 0.05) is 17.3 Å². The van der Waals surface area contributed by atoms with Crippen LogP contribution in [0.3, 0.4) is 0 Å². The average molecular weight is 568 g/mol. The van der Waals surface area contributed by atoms with Crippen LogP contribution in [0.5, 0.6) is 0 Å². The fraction of sp³-hybridized carbons (Fsp3) is 0.250. The van der Waals surface area contributed by atoms with Crippen molar-refractivity contribution in [3.63, 3.8) is 0 Å². The summed E-state index contributed by atoms with van der Waals surface area (Å²) < 4.78 is 15.6. The third-order valence-corrected chi connectivity index (χ3v) is 7.27. The van der Waals surface area contributed by atoms with Crippen LogP contribution in [0.2, 0.25) is 5.02 Å². The van der Waals surface area contributed by atoms with Gasteiger partial charge < -0.3 is 10.6 Å². The molecule has 0 bridgehead atoms. The fourth-order valence-corrected chi connectivity index (χ4v) is 5.02. The van der Waals surface area contributed by atoms with Crippen LogP contribution in [-0.2, 0) is 5.54 Å². The van der Waals surface area contributed by atoms with Gasteiger partial charge in [-0.15, -0.1) is 5.10 Å².